The Balaban J connectivity index is 1.51. The minimum absolute atomic E-state index is 0.0604. The van der Waals surface area contributed by atoms with Gasteiger partial charge in [-0.3, -0.25) is 14.2 Å². The van der Waals surface area contributed by atoms with Gasteiger partial charge in [0.15, 0.2) is 0 Å². The lowest BCUT2D eigenvalue weighted by atomic mass is 10.1. The van der Waals surface area contributed by atoms with E-state index in [1.807, 2.05) is 12.1 Å². The number of benzene rings is 3. The fourth-order valence-corrected chi connectivity index (χ4v) is 3.64. The van der Waals surface area contributed by atoms with Gasteiger partial charge in [0.25, 0.3) is 11.9 Å². The molecule has 0 atom stereocenters. The topological polar surface area (TPSA) is 129 Å². The lowest BCUT2D eigenvalue weighted by Crippen LogP contribution is -2.19. The van der Waals surface area contributed by atoms with Crippen molar-refractivity contribution in [1.29, 1.82) is 0 Å². The van der Waals surface area contributed by atoms with Gasteiger partial charge >= 0.3 is 0 Å². The van der Waals surface area contributed by atoms with E-state index >= 15 is 0 Å². The largest absolute Gasteiger partial charge is 0.494 e. The molecular formula is C24H17N5O4. The molecule has 1 aliphatic heterocycles. The van der Waals surface area contributed by atoms with Gasteiger partial charge in [0, 0.05) is 28.9 Å². The van der Waals surface area contributed by atoms with Crippen molar-refractivity contribution < 1.29 is 19.8 Å². The number of aromatic hydroxyl groups is 2. The fourth-order valence-electron chi connectivity index (χ4n) is 3.64. The van der Waals surface area contributed by atoms with Crippen molar-refractivity contribution in [1.82, 2.24) is 4.57 Å². The summed E-state index contributed by atoms with van der Waals surface area (Å²) < 4.78 is 1.25. The first-order valence-electron chi connectivity index (χ1n) is 10.0. The number of carbonyl (C=O) groups excluding carboxylic acids is 2. The SMILES string of the molecule is CC(=O)Nc1ccc(-n2c(O)c3ccc(C(=O)N=C4N=c5ccccc5=N4)cc3c2O)cc1. The van der Waals surface area contributed by atoms with Crippen molar-refractivity contribution in [2.75, 3.05) is 5.32 Å². The summed E-state index contributed by atoms with van der Waals surface area (Å²) in [4.78, 5) is 36.3. The van der Waals surface area contributed by atoms with Crippen LogP contribution in [0.25, 0.3) is 16.5 Å². The van der Waals surface area contributed by atoms with Gasteiger partial charge in [-0.15, -0.1) is 0 Å². The first-order chi connectivity index (χ1) is 15.9. The molecular weight excluding hydrogens is 422 g/mol. The zero-order chi connectivity index (χ0) is 23.1. The Hall–Kier alpha value is -4.79. The molecule has 33 heavy (non-hydrogen) atoms. The molecule has 0 saturated carbocycles. The Morgan fingerprint density at radius 3 is 2.15 bits per heavy atom. The highest BCUT2D eigenvalue weighted by molar-refractivity contribution is 6.06. The number of nitrogens with zero attached hydrogens (tertiary/aromatic N) is 4. The molecule has 162 valence electrons. The van der Waals surface area contributed by atoms with E-state index in [9.17, 15) is 19.8 Å². The van der Waals surface area contributed by atoms with E-state index in [4.69, 9.17) is 0 Å². The third kappa shape index (κ3) is 3.61. The van der Waals surface area contributed by atoms with Crippen molar-refractivity contribution in [2.45, 2.75) is 6.92 Å². The molecule has 1 aromatic heterocycles. The molecule has 0 saturated heterocycles. The zero-order valence-electron chi connectivity index (χ0n) is 17.4. The number of amides is 2. The predicted molar refractivity (Wildman–Crippen MR) is 121 cm³/mol. The molecule has 4 aromatic rings. The molecule has 0 aliphatic carbocycles. The minimum atomic E-state index is -0.571. The maximum absolute atomic E-state index is 12.7. The van der Waals surface area contributed by atoms with Gasteiger partial charge < -0.3 is 15.5 Å². The predicted octanol–water partition coefficient (Wildman–Crippen LogP) is 2.45. The van der Waals surface area contributed by atoms with E-state index in [1.54, 1.807) is 36.4 Å². The first-order valence-corrected chi connectivity index (χ1v) is 10.0. The van der Waals surface area contributed by atoms with Gasteiger partial charge in [-0.2, -0.15) is 4.99 Å². The molecule has 0 radical (unpaired) electrons. The summed E-state index contributed by atoms with van der Waals surface area (Å²) in [7, 11) is 0. The van der Waals surface area contributed by atoms with E-state index in [0.29, 0.717) is 27.5 Å². The van der Waals surface area contributed by atoms with Gasteiger partial charge in [-0.25, -0.2) is 9.98 Å². The average molecular weight is 439 g/mol. The van der Waals surface area contributed by atoms with Gasteiger partial charge in [0.05, 0.1) is 16.4 Å². The summed E-state index contributed by atoms with van der Waals surface area (Å²) in [6.45, 7) is 1.40. The summed E-state index contributed by atoms with van der Waals surface area (Å²) >= 11 is 0. The summed E-state index contributed by atoms with van der Waals surface area (Å²) in [6.07, 6.45) is 0. The second-order valence-electron chi connectivity index (χ2n) is 7.40. The molecule has 1 aliphatic rings. The molecule has 2 amide bonds. The molecule has 0 unspecified atom stereocenters. The number of hydrogen-bond donors (Lipinski definition) is 3. The Morgan fingerprint density at radius 1 is 0.879 bits per heavy atom. The number of fused-ring (bicyclic) bond motifs is 2. The number of nitrogens with one attached hydrogen (secondary N) is 1. The number of para-hydroxylation sites is 2. The number of anilines is 1. The molecule has 3 aromatic carbocycles. The normalized spacial score (nSPS) is 12.1. The molecule has 0 bridgehead atoms. The molecule has 0 fully saturated rings. The monoisotopic (exact) mass is 439 g/mol. The quantitative estimate of drug-likeness (QED) is 0.453. The van der Waals surface area contributed by atoms with E-state index in [2.05, 4.69) is 20.3 Å². The number of aliphatic imine (C=N–C) groups is 1. The van der Waals surface area contributed by atoms with Gasteiger partial charge in [-0.05, 0) is 54.6 Å². The number of aromatic nitrogens is 1. The number of rotatable bonds is 3. The zero-order valence-corrected chi connectivity index (χ0v) is 17.4. The second kappa shape index (κ2) is 7.72. The Bertz CT molecular complexity index is 1560. The minimum Gasteiger partial charge on any atom is -0.494 e. The highest BCUT2D eigenvalue weighted by atomic mass is 16.3. The van der Waals surface area contributed by atoms with Gasteiger partial charge in [0.1, 0.15) is 0 Å². The van der Waals surface area contributed by atoms with Crippen molar-refractivity contribution in [3.8, 4) is 17.4 Å². The van der Waals surface area contributed by atoms with Crippen molar-refractivity contribution in [3.63, 3.8) is 0 Å². The van der Waals surface area contributed by atoms with Crippen LogP contribution in [0, 0.1) is 0 Å². The second-order valence-corrected chi connectivity index (χ2v) is 7.40. The highest BCUT2D eigenvalue weighted by Gasteiger charge is 2.19. The maximum atomic E-state index is 12.7. The smallest absolute Gasteiger partial charge is 0.280 e. The number of carbonyl (C=O) groups is 2. The van der Waals surface area contributed by atoms with Crippen LogP contribution in [0.1, 0.15) is 17.3 Å². The van der Waals surface area contributed by atoms with Crippen molar-refractivity contribution in [3.05, 3.63) is 83.0 Å². The van der Waals surface area contributed by atoms with E-state index in [0.717, 1.165) is 0 Å². The molecule has 2 heterocycles. The molecule has 9 nitrogen and oxygen atoms in total. The summed E-state index contributed by atoms with van der Waals surface area (Å²) in [5.74, 6) is -1.14. The molecule has 3 N–H and O–H groups in total. The molecule has 9 heteroatoms. The third-order valence-electron chi connectivity index (χ3n) is 5.14. The van der Waals surface area contributed by atoms with E-state index in [-0.39, 0.29) is 34.6 Å². The first kappa shape index (κ1) is 20.1. The molecule has 0 spiro atoms. The van der Waals surface area contributed by atoms with Crippen LogP contribution in [0.2, 0.25) is 0 Å². The Labute approximate surface area is 186 Å². The van der Waals surface area contributed by atoms with Crippen LogP contribution in [-0.4, -0.2) is 32.6 Å². The van der Waals surface area contributed by atoms with Crippen molar-refractivity contribution in [2.24, 2.45) is 15.0 Å². The van der Waals surface area contributed by atoms with Gasteiger partial charge in [-0.1, -0.05) is 12.1 Å². The van der Waals surface area contributed by atoms with Gasteiger partial charge in [0.2, 0.25) is 17.7 Å². The Kier molecular flexibility index (Phi) is 4.71. The maximum Gasteiger partial charge on any atom is 0.280 e. The standard InChI is InChI=1S/C24H17N5O4/c1-13(30)25-15-7-9-16(10-8-15)29-22(32)17-11-6-14(12-18(17)23(29)33)21(31)28-24-26-19-4-2-3-5-20(19)27-24/h2-12,32-33H,1H3,(H,25,30). The summed E-state index contributed by atoms with van der Waals surface area (Å²) in [5, 5.41) is 26.1. The van der Waals surface area contributed by atoms with Crippen LogP contribution in [0.5, 0.6) is 11.8 Å². The number of hydrogen-bond acceptors (Lipinski definition) is 4. The number of guanidine groups is 1. The summed E-state index contributed by atoms with van der Waals surface area (Å²) in [5.41, 5.74) is 1.27. The van der Waals surface area contributed by atoms with E-state index < -0.39 is 5.91 Å². The third-order valence-corrected chi connectivity index (χ3v) is 5.14. The van der Waals surface area contributed by atoms with Crippen molar-refractivity contribution >= 4 is 34.2 Å². The molecule has 5 rings (SSSR count). The lowest BCUT2D eigenvalue weighted by Gasteiger charge is -2.08. The van der Waals surface area contributed by atoms with Crippen LogP contribution in [-0.2, 0) is 4.79 Å². The summed E-state index contributed by atoms with van der Waals surface area (Å²) in [6, 6.07) is 18.3. The lowest BCUT2D eigenvalue weighted by molar-refractivity contribution is -0.114. The van der Waals surface area contributed by atoms with E-state index in [1.165, 1.54) is 29.7 Å². The van der Waals surface area contributed by atoms with Crippen LogP contribution in [0.3, 0.4) is 0 Å². The van der Waals surface area contributed by atoms with Crippen LogP contribution >= 0.6 is 0 Å². The van der Waals surface area contributed by atoms with Crippen LogP contribution < -0.4 is 16.0 Å². The highest BCUT2D eigenvalue weighted by Crippen LogP contribution is 2.39. The fraction of sp³-hybridized carbons (Fsp3) is 0.0417. The van der Waals surface area contributed by atoms with Crippen LogP contribution in [0.4, 0.5) is 5.69 Å². The average Bonchev–Trinajstić information content (AvgIpc) is 3.31. The Morgan fingerprint density at radius 2 is 1.52 bits per heavy atom. The van der Waals surface area contributed by atoms with Crippen LogP contribution in [0.15, 0.2) is 81.7 Å².